The Kier molecular flexibility index (Phi) is 3.73. The Labute approximate surface area is 126 Å². The number of nitrogens with one attached hydrogen (secondary N) is 2. The normalized spacial score (nSPS) is 15.0. The van der Waals surface area contributed by atoms with Gasteiger partial charge in [-0.3, -0.25) is 24.8 Å². The monoisotopic (exact) mass is 308 g/mol. The van der Waals surface area contributed by atoms with E-state index in [4.69, 9.17) is 0 Å². The number of fused-ring (bicyclic) bond motifs is 1. The van der Waals surface area contributed by atoms with Crippen LogP contribution >= 0.6 is 11.3 Å². The van der Waals surface area contributed by atoms with Gasteiger partial charge in [0.1, 0.15) is 4.83 Å². The second kappa shape index (κ2) is 5.40. The van der Waals surface area contributed by atoms with E-state index < -0.39 is 0 Å². The van der Waals surface area contributed by atoms with Crippen molar-refractivity contribution in [3.05, 3.63) is 31.3 Å². The molecule has 21 heavy (non-hydrogen) atoms. The fraction of sp³-hybridized carbons (Fsp3) is 0.571. The lowest BCUT2D eigenvalue weighted by Crippen LogP contribution is -2.39. The third-order valence-corrected chi connectivity index (χ3v) is 5.31. The van der Waals surface area contributed by atoms with Crippen molar-refractivity contribution in [1.82, 2.24) is 20.0 Å². The molecule has 0 spiro atoms. The number of aryl methyl sites for hydroxylation is 2. The average molecular weight is 308 g/mol. The summed E-state index contributed by atoms with van der Waals surface area (Å²) in [6, 6.07) is 0.102. The molecule has 2 heterocycles. The fourth-order valence-corrected chi connectivity index (χ4v) is 3.97. The highest BCUT2D eigenvalue weighted by molar-refractivity contribution is 7.18. The van der Waals surface area contributed by atoms with Gasteiger partial charge in [-0.25, -0.2) is 4.79 Å². The van der Waals surface area contributed by atoms with Crippen LogP contribution < -0.4 is 22.1 Å². The number of hydrogen-bond donors (Lipinski definition) is 2. The third kappa shape index (κ3) is 2.25. The van der Waals surface area contributed by atoms with Crippen molar-refractivity contribution in [2.24, 2.45) is 0 Å². The Morgan fingerprint density at radius 2 is 2.05 bits per heavy atom. The highest BCUT2D eigenvalue weighted by atomic mass is 32.1. The van der Waals surface area contributed by atoms with Gasteiger partial charge in [0.15, 0.2) is 0 Å². The Morgan fingerprint density at radius 1 is 1.33 bits per heavy atom. The van der Waals surface area contributed by atoms with Crippen molar-refractivity contribution in [3.63, 3.8) is 0 Å². The maximum Gasteiger partial charge on any atom is 0.332 e. The van der Waals surface area contributed by atoms with Crippen molar-refractivity contribution >= 4 is 21.6 Å². The molecule has 0 aliphatic heterocycles. The molecule has 0 unspecified atom stereocenters. The second-order valence-electron chi connectivity index (χ2n) is 5.37. The summed E-state index contributed by atoms with van der Waals surface area (Å²) in [6.45, 7) is 5.14. The first-order valence-electron chi connectivity index (χ1n) is 7.27. The third-order valence-electron chi connectivity index (χ3n) is 4.00. The van der Waals surface area contributed by atoms with Crippen LogP contribution in [0.15, 0.2) is 9.59 Å². The van der Waals surface area contributed by atoms with Crippen molar-refractivity contribution < 1.29 is 0 Å². The molecule has 0 bridgehead atoms. The summed E-state index contributed by atoms with van der Waals surface area (Å²) >= 11 is 1.53. The van der Waals surface area contributed by atoms with Crippen LogP contribution in [-0.4, -0.2) is 16.2 Å². The number of nitrogens with zero attached hydrogens (tertiary/aromatic N) is 2. The molecule has 1 saturated carbocycles. The van der Waals surface area contributed by atoms with E-state index in [1.54, 1.807) is 4.57 Å². The van der Waals surface area contributed by atoms with Crippen LogP contribution in [-0.2, 0) is 13.1 Å². The van der Waals surface area contributed by atoms with E-state index in [0.29, 0.717) is 18.5 Å². The Morgan fingerprint density at radius 3 is 2.62 bits per heavy atom. The van der Waals surface area contributed by atoms with Gasteiger partial charge in [-0.2, -0.15) is 0 Å². The number of thiophene rings is 1. The molecule has 114 valence electrons. The lowest BCUT2D eigenvalue weighted by atomic mass is 10.2. The van der Waals surface area contributed by atoms with E-state index in [-0.39, 0.29) is 17.3 Å². The zero-order valence-electron chi connectivity index (χ0n) is 12.5. The van der Waals surface area contributed by atoms with Crippen LogP contribution in [0.4, 0.5) is 0 Å². The molecule has 1 aliphatic carbocycles. The quantitative estimate of drug-likeness (QED) is 0.812. The molecule has 2 aromatic heterocycles. The minimum atomic E-state index is -0.160. The van der Waals surface area contributed by atoms with E-state index in [9.17, 15) is 9.59 Å². The lowest BCUT2D eigenvalue weighted by Gasteiger charge is -2.09. The second-order valence-corrected chi connectivity index (χ2v) is 6.45. The smallest absolute Gasteiger partial charge is 0.285 e. The van der Waals surface area contributed by atoms with E-state index in [1.165, 1.54) is 15.9 Å². The lowest BCUT2D eigenvalue weighted by molar-refractivity contribution is 0.598. The standard InChI is InChI=1S/C14H20N4O2S/c1-4-17-13-11(8(2)10(21-13)7-16-15-3)12(19)18(14(17)20)9-5-6-9/h9,15-16H,4-7H2,1-3H3. The van der Waals surface area contributed by atoms with Crippen LogP contribution in [0.25, 0.3) is 10.2 Å². The topological polar surface area (TPSA) is 68.1 Å². The number of hydrogen-bond acceptors (Lipinski definition) is 5. The first kappa shape index (κ1) is 14.5. The van der Waals surface area contributed by atoms with E-state index >= 15 is 0 Å². The summed E-state index contributed by atoms with van der Waals surface area (Å²) in [7, 11) is 1.81. The maximum atomic E-state index is 12.7. The molecule has 0 aromatic carbocycles. The Balaban J connectivity index is 2.32. The van der Waals surface area contributed by atoms with Crippen LogP contribution in [0, 0.1) is 6.92 Å². The molecule has 3 rings (SSSR count). The van der Waals surface area contributed by atoms with Gasteiger partial charge in [0.2, 0.25) is 0 Å². The summed E-state index contributed by atoms with van der Waals surface area (Å²) in [5, 5.41) is 0.709. The molecule has 2 N–H and O–H groups in total. The Hall–Kier alpha value is -1.44. The first-order chi connectivity index (χ1) is 10.1. The van der Waals surface area contributed by atoms with Crippen molar-refractivity contribution in [2.75, 3.05) is 7.05 Å². The van der Waals surface area contributed by atoms with E-state index in [2.05, 4.69) is 10.9 Å². The molecule has 0 atom stereocenters. The number of aromatic nitrogens is 2. The maximum absolute atomic E-state index is 12.7. The predicted octanol–water partition coefficient (Wildman–Crippen LogP) is 1.11. The molecular weight excluding hydrogens is 288 g/mol. The molecule has 0 radical (unpaired) electrons. The predicted molar refractivity (Wildman–Crippen MR) is 84.9 cm³/mol. The molecule has 7 heteroatoms. The summed E-state index contributed by atoms with van der Waals surface area (Å²) in [4.78, 5) is 27.2. The van der Waals surface area contributed by atoms with Gasteiger partial charge in [-0.1, -0.05) is 0 Å². The molecule has 6 nitrogen and oxygen atoms in total. The summed E-state index contributed by atoms with van der Waals surface area (Å²) in [5.74, 6) is 0. The van der Waals surface area contributed by atoms with E-state index in [1.807, 2.05) is 20.9 Å². The minimum absolute atomic E-state index is 0.102. The van der Waals surface area contributed by atoms with Crippen LogP contribution in [0.1, 0.15) is 36.2 Å². The Bertz CT molecular complexity index is 798. The average Bonchev–Trinajstić information content (AvgIpc) is 3.22. The molecule has 1 fully saturated rings. The highest BCUT2D eigenvalue weighted by Gasteiger charge is 2.30. The van der Waals surface area contributed by atoms with Gasteiger partial charge in [0, 0.05) is 24.0 Å². The first-order valence-corrected chi connectivity index (χ1v) is 8.08. The molecule has 0 saturated heterocycles. The summed E-state index contributed by atoms with van der Waals surface area (Å²) < 4.78 is 3.19. The summed E-state index contributed by atoms with van der Waals surface area (Å²) in [5.41, 5.74) is 6.64. The van der Waals surface area contributed by atoms with Crippen molar-refractivity contribution in [1.29, 1.82) is 0 Å². The van der Waals surface area contributed by atoms with Crippen LogP contribution in [0.5, 0.6) is 0 Å². The van der Waals surface area contributed by atoms with Gasteiger partial charge < -0.3 is 0 Å². The zero-order chi connectivity index (χ0) is 15.1. The number of rotatable bonds is 5. The fourth-order valence-electron chi connectivity index (χ4n) is 2.68. The van der Waals surface area contributed by atoms with Gasteiger partial charge in [0.05, 0.1) is 5.39 Å². The minimum Gasteiger partial charge on any atom is -0.285 e. The largest absolute Gasteiger partial charge is 0.332 e. The van der Waals surface area contributed by atoms with Crippen molar-refractivity contribution in [3.8, 4) is 0 Å². The van der Waals surface area contributed by atoms with Crippen LogP contribution in [0.3, 0.4) is 0 Å². The van der Waals surface area contributed by atoms with Crippen molar-refractivity contribution in [2.45, 2.75) is 45.8 Å². The zero-order valence-corrected chi connectivity index (χ0v) is 13.3. The highest BCUT2D eigenvalue weighted by Crippen LogP contribution is 2.34. The number of hydrazine groups is 1. The van der Waals surface area contributed by atoms with E-state index in [0.717, 1.165) is 28.1 Å². The van der Waals surface area contributed by atoms with Gasteiger partial charge in [0.25, 0.3) is 5.56 Å². The molecule has 2 aromatic rings. The van der Waals surface area contributed by atoms with Gasteiger partial charge >= 0.3 is 5.69 Å². The molecule has 0 amide bonds. The molecule has 1 aliphatic rings. The van der Waals surface area contributed by atoms with Crippen LogP contribution in [0.2, 0.25) is 0 Å². The van der Waals surface area contributed by atoms with Gasteiger partial charge in [-0.05, 0) is 39.3 Å². The summed E-state index contributed by atoms with van der Waals surface area (Å²) in [6.07, 6.45) is 1.86. The molecular formula is C14H20N4O2S. The van der Waals surface area contributed by atoms with Gasteiger partial charge in [-0.15, -0.1) is 11.3 Å². The SMILES string of the molecule is CCn1c(=O)n(C2CC2)c(=O)c2c(C)c(CNNC)sc21.